The smallest absolute Gasteiger partial charge is 0.321 e. The molecule has 0 saturated heterocycles. The van der Waals surface area contributed by atoms with Crippen LogP contribution in [0.5, 0.6) is 0 Å². The number of anilines is 2. The molecule has 0 aliphatic carbocycles. The number of urea groups is 1. The fourth-order valence-electron chi connectivity index (χ4n) is 2.93. The highest BCUT2D eigenvalue weighted by Crippen LogP contribution is 2.25. The van der Waals surface area contributed by atoms with Gasteiger partial charge in [0.1, 0.15) is 0 Å². The Balaban J connectivity index is 1.54. The molecule has 4 nitrogen and oxygen atoms in total. The van der Waals surface area contributed by atoms with E-state index in [0.717, 1.165) is 37.2 Å². The summed E-state index contributed by atoms with van der Waals surface area (Å²) < 4.78 is 0. The lowest BCUT2D eigenvalue weighted by molar-refractivity contribution is 0.246. The minimum atomic E-state index is -0.00536. The highest BCUT2D eigenvalue weighted by Gasteiger charge is 2.20. The molecule has 0 bridgehead atoms. The molecule has 1 aliphatic heterocycles. The van der Waals surface area contributed by atoms with Crippen molar-refractivity contribution in [3.63, 3.8) is 0 Å². The number of hydrogen-bond donors (Lipinski definition) is 2. The van der Waals surface area contributed by atoms with Gasteiger partial charge in [-0.25, -0.2) is 4.79 Å². The molecular weight excluding hydrogens is 286 g/mol. The SMILES string of the molecule is O=C(NCCNc1ccccc1)N1CCCCc2ccccc21. The summed E-state index contributed by atoms with van der Waals surface area (Å²) in [5.41, 5.74) is 3.39. The Labute approximate surface area is 137 Å². The van der Waals surface area contributed by atoms with E-state index in [2.05, 4.69) is 16.7 Å². The predicted molar refractivity (Wildman–Crippen MR) is 95.1 cm³/mol. The summed E-state index contributed by atoms with van der Waals surface area (Å²) in [4.78, 5) is 14.4. The Hall–Kier alpha value is -2.49. The van der Waals surface area contributed by atoms with Crippen LogP contribution in [0.25, 0.3) is 0 Å². The topological polar surface area (TPSA) is 44.4 Å². The second kappa shape index (κ2) is 7.68. The van der Waals surface area contributed by atoms with Crippen LogP contribution in [0.1, 0.15) is 18.4 Å². The van der Waals surface area contributed by atoms with E-state index >= 15 is 0 Å². The molecule has 0 radical (unpaired) electrons. The number of carbonyl (C=O) groups is 1. The van der Waals surface area contributed by atoms with Crippen LogP contribution in [-0.2, 0) is 6.42 Å². The van der Waals surface area contributed by atoms with Crippen LogP contribution in [0.3, 0.4) is 0 Å². The fraction of sp³-hybridized carbons (Fsp3) is 0.316. The van der Waals surface area contributed by atoms with E-state index in [0.29, 0.717) is 13.1 Å². The van der Waals surface area contributed by atoms with Crippen molar-refractivity contribution in [2.45, 2.75) is 19.3 Å². The second-order valence-electron chi connectivity index (χ2n) is 5.76. The Morgan fingerprint density at radius 3 is 2.61 bits per heavy atom. The first-order chi connectivity index (χ1) is 11.3. The maximum absolute atomic E-state index is 12.5. The Kier molecular flexibility index (Phi) is 5.14. The van der Waals surface area contributed by atoms with E-state index in [9.17, 15) is 4.79 Å². The summed E-state index contributed by atoms with van der Waals surface area (Å²) in [5.74, 6) is 0. The third-order valence-corrected chi connectivity index (χ3v) is 4.11. The molecule has 2 N–H and O–H groups in total. The number of amides is 2. The first-order valence-electron chi connectivity index (χ1n) is 8.27. The van der Waals surface area contributed by atoms with Gasteiger partial charge in [0.05, 0.1) is 0 Å². The monoisotopic (exact) mass is 309 g/mol. The lowest BCUT2D eigenvalue weighted by atomic mass is 10.1. The first kappa shape index (κ1) is 15.4. The molecule has 120 valence electrons. The van der Waals surface area contributed by atoms with Crippen LogP contribution in [0.15, 0.2) is 54.6 Å². The van der Waals surface area contributed by atoms with E-state index in [-0.39, 0.29) is 6.03 Å². The zero-order valence-electron chi connectivity index (χ0n) is 13.3. The van der Waals surface area contributed by atoms with E-state index < -0.39 is 0 Å². The maximum atomic E-state index is 12.5. The van der Waals surface area contributed by atoms with Gasteiger partial charge in [-0.2, -0.15) is 0 Å². The van der Waals surface area contributed by atoms with Crippen molar-refractivity contribution in [1.82, 2.24) is 5.32 Å². The van der Waals surface area contributed by atoms with Crippen LogP contribution in [0.2, 0.25) is 0 Å². The molecule has 2 amide bonds. The number of nitrogens with zero attached hydrogens (tertiary/aromatic N) is 1. The molecule has 0 unspecified atom stereocenters. The zero-order chi connectivity index (χ0) is 15.9. The van der Waals surface area contributed by atoms with Crippen molar-refractivity contribution < 1.29 is 4.79 Å². The van der Waals surface area contributed by atoms with Crippen molar-refractivity contribution in [2.75, 3.05) is 29.9 Å². The number of carbonyl (C=O) groups excluding carboxylic acids is 1. The largest absolute Gasteiger partial charge is 0.383 e. The van der Waals surface area contributed by atoms with Crippen molar-refractivity contribution in [3.8, 4) is 0 Å². The number of nitrogens with one attached hydrogen (secondary N) is 2. The normalized spacial score (nSPS) is 13.8. The Morgan fingerprint density at radius 2 is 1.74 bits per heavy atom. The zero-order valence-corrected chi connectivity index (χ0v) is 13.3. The van der Waals surface area contributed by atoms with Crippen molar-refractivity contribution >= 4 is 17.4 Å². The van der Waals surface area contributed by atoms with Gasteiger partial charge < -0.3 is 10.6 Å². The van der Waals surface area contributed by atoms with Crippen LogP contribution < -0.4 is 15.5 Å². The van der Waals surface area contributed by atoms with Gasteiger partial charge in [-0.3, -0.25) is 4.90 Å². The summed E-state index contributed by atoms with van der Waals surface area (Å²) >= 11 is 0. The molecule has 0 fully saturated rings. The first-order valence-corrected chi connectivity index (χ1v) is 8.27. The van der Waals surface area contributed by atoms with Crippen LogP contribution in [0.4, 0.5) is 16.2 Å². The quantitative estimate of drug-likeness (QED) is 0.847. The average Bonchev–Trinajstić information content (AvgIpc) is 2.82. The third-order valence-electron chi connectivity index (χ3n) is 4.11. The van der Waals surface area contributed by atoms with Gasteiger partial charge in [-0.05, 0) is 43.0 Å². The number of aryl methyl sites for hydroxylation is 1. The van der Waals surface area contributed by atoms with E-state index in [1.807, 2.05) is 53.4 Å². The lowest BCUT2D eigenvalue weighted by Crippen LogP contribution is -2.42. The highest BCUT2D eigenvalue weighted by molar-refractivity contribution is 5.93. The van der Waals surface area contributed by atoms with Crippen molar-refractivity contribution in [1.29, 1.82) is 0 Å². The molecule has 0 saturated carbocycles. The lowest BCUT2D eigenvalue weighted by Gasteiger charge is -2.23. The van der Waals surface area contributed by atoms with Crippen molar-refractivity contribution in [3.05, 3.63) is 60.2 Å². The molecule has 1 aliphatic rings. The molecule has 0 atom stereocenters. The number of para-hydroxylation sites is 2. The number of benzene rings is 2. The summed E-state index contributed by atoms with van der Waals surface area (Å²) in [6.07, 6.45) is 3.23. The second-order valence-corrected chi connectivity index (χ2v) is 5.76. The van der Waals surface area contributed by atoms with Gasteiger partial charge in [0.15, 0.2) is 0 Å². The van der Waals surface area contributed by atoms with Gasteiger partial charge in [-0.15, -0.1) is 0 Å². The summed E-state index contributed by atoms with van der Waals surface area (Å²) in [6.45, 7) is 2.10. The maximum Gasteiger partial charge on any atom is 0.321 e. The summed E-state index contributed by atoms with van der Waals surface area (Å²) in [7, 11) is 0. The Morgan fingerprint density at radius 1 is 0.957 bits per heavy atom. The van der Waals surface area contributed by atoms with Crippen molar-refractivity contribution in [2.24, 2.45) is 0 Å². The van der Waals surface area contributed by atoms with Gasteiger partial charge in [-0.1, -0.05) is 36.4 Å². The van der Waals surface area contributed by atoms with Gasteiger partial charge in [0.25, 0.3) is 0 Å². The molecule has 0 aromatic heterocycles. The molecule has 1 heterocycles. The van der Waals surface area contributed by atoms with Crippen LogP contribution >= 0.6 is 0 Å². The highest BCUT2D eigenvalue weighted by atomic mass is 16.2. The molecule has 0 spiro atoms. The molecule has 4 heteroatoms. The minimum Gasteiger partial charge on any atom is -0.383 e. The number of hydrogen-bond acceptors (Lipinski definition) is 2. The van der Waals surface area contributed by atoms with E-state index in [1.54, 1.807) is 0 Å². The van der Waals surface area contributed by atoms with E-state index in [1.165, 1.54) is 5.56 Å². The average molecular weight is 309 g/mol. The number of fused-ring (bicyclic) bond motifs is 1. The summed E-state index contributed by atoms with van der Waals surface area (Å²) in [6, 6.07) is 18.2. The van der Waals surface area contributed by atoms with Gasteiger partial charge in [0.2, 0.25) is 0 Å². The van der Waals surface area contributed by atoms with Gasteiger partial charge >= 0.3 is 6.03 Å². The van der Waals surface area contributed by atoms with Crippen LogP contribution in [-0.4, -0.2) is 25.7 Å². The standard InChI is InChI=1S/C19H23N3O/c23-19(21-14-13-20-17-10-2-1-3-11-17)22-15-7-6-9-16-8-4-5-12-18(16)22/h1-5,8,10-12,20H,6-7,9,13-15H2,(H,21,23). The molecule has 2 aromatic carbocycles. The van der Waals surface area contributed by atoms with Crippen LogP contribution in [0, 0.1) is 0 Å². The molecule has 2 aromatic rings. The summed E-state index contributed by atoms with van der Waals surface area (Å²) in [5, 5.41) is 6.32. The molecular formula is C19H23N3O. The minimum absolute atomic E-state index is 0.00536. The Bertz CT molecular complexity index is 642. The molecule has 23 heavy (non-hydrogen) atoms. The molecule has 3 rings (SSSR count). The van der Waals surface area contributed by atoms with E-state index in [4.69, 9.17) is 0 Å². The third kappa shape index (κ3) is 4.03. The fourth-order valence-corrected chi connectivity index (χ4v) is 2.93. The number of rotatable bonds is 4. The predicted octanol–water partition coefficient (Wildman–Crippen LogP) is 3.65. The van der Waals surface area contributed by atoms with Gasteiger partial charge in [0, 0.05) is 31.0 Å².